The molecule has 1 N–H and O–H groups in total. The lowest BCUT2D eigenvalue weighted by molar-refractivity contribution is 0.166. The molecule has 1 heterocycles. The van der Waals surface area contributed by atoms with Crippen LogP contribution in [0.2, 0.25) is 0 Å². The normalized spacial score (nSPS) is 12.1. The number of nitrogens with one attached hydrogen (secondary N) is 1. The fourth-order valence-electron chi connectivity index (χ4n) is 3.11. The van der Waals surface area contributed by atoms with Gasteiger partial charge in [-0.25, -0.2) is 4.79 Å². The largest absolute Gasteiger partial charge is 0.453 e. The summed E-state index contributed by atoms with van der Waals surface area (Å²) >= 11 is 0. The molecule has 1 amide bonds. The molecule has 3 rings (SSSR count). The van der Waals surface area contributed by atoms with Gasteiger partial charge in [-0.3, -0.25) is 0 Å². The zero-order valence-corrected chi connectivity index (χ0v) is 14.0. The number of carbonyl (C=O) groups excluding carboxylic acids is 1. The van der Waals surface area contributed by atoms with E-state index in [1.165, 1.54) is 12.7 Å². The van der Waals surface area contributed by atoms with Crippen molar-refractivity contribution in [1.29, 1.82) is 0 Å². The van der Waals surface area contributed by atoms with Gasteiger partial charge in [-0.15, -0.1) is 0 Å². The van der Waals surface area contributed by atoms with Crippen molar-refractivity contribution in [2.45, 2.75) is 18.9 Å². The van der Waals surface area contributed by atoms with E-state index in [1.807, 2.05) is 37.4 Å². The first kappa shape index (κ1) is 16.1. The van der Waals surface area contributed by atoms with Gasteiger partial charge >= 0.3 is 6.09 Å². The van der Waals surface area contributed by atoms with Crippen molar-refractivity contribution in [3.05, 3.63) is 71.9 Å². The van der Waals surface area contributed by atoms with E-state index in [0.717, 1.165) is 29.3 Å². The number of hydrogen-bond donors (Lipinski definition) is 1. The predicted octanol–water partition coefficient (Wildman–Crippen LogP) is 4.21. The first-order chi connectivity index (χ1) is 11.7. The number of carbonyl (C=O) groups is 1. The third-order valence-corrected chi connectivity index (χ3v) is 4.35. The first-order valence-corrected chi connectivity index (χ1v) is 8.11. The van der Waals surface area contributed by atoms with Crippen molar-refractivity contribution in [2.24, 2.45) is 7.05 Å². The molecule has 0 spiro atoms. The Morgan fingerprint density at radius 1 is 1.12 bits per heavy atom. The van der Waals surface area contributed by atoms with Crippen molar-refractivity contribution in [3.8, 4) is 0 Å². The van der Waals surface area contributed by atoms with E-state index in [9.17, 15) is 4.79 Å². The maximum Gasteiger partial charge on any atom is 0.407 e. The predicted molar refractivity (Wildman–Crippen MR) is 96.0 cm³/mol. The highest BCUT2D eigenvalue weighted by Crippen LogP contribution is 2.29. The summed E-state index contributed by atoms with van der Waals surface area (Å²) in [5.41, 5.74) is 3.53. The van der Waals surface area contributed by atoms with Crippen LogP contribution in [-0.4, -0.2) is 17.8 Å². The third-order valence-electron chi connectivity index (χ3n) is 4.35. The number of ether oxygens (including phenoxy) is 1. The molecule has 0 radical (unpaired) electrons. The maximum atomic E-state index is 11.8. The maximum absolute atomic E-state index is 11.8. The summed E-state index contributed by atoms with van der Waals surface area (Å²) < 4.78 is 6.91. The molecule has 0 aliphatic heterocycles. The quantitative estimate of drug-likeness (QED) is 0.765. The third kappa shape index (κ3) is 3.43. The second kappa shape index (κ2) is 7.21. The lowest BCUT2D eigenvalue weighted by Crippen LogP contribution is -2.28. The summed E-state index contributed by atoms with van der Waals surface area (Å²) in [6.45, 7) is 0. The molecule has 0 bridgehead atoms. The molecular weight excluding hydrogens is 300 g/mol. The Kier molecular flexibility index (Phi) is 4.85. The van der Waals surface area contributed by atoms with Crippen molar-refractivity contribution in [1.82, 2.24) is 9.88 Å². The minimum Gasteiger partial charge on any atom is -0.453 e. The first-order valence-electron chi connectivity index (χ1n) is 8.11. The van der Waals surface area contributed by atoms with Crippen LogP contribution in [0.4, 0.5) is 4.79 Å². The van der Waals surface area contributed by atoms with Gasteiger partial charge in [0.1, 0.15) is 0 Å². The molecule has 124 valence electrons. The average molecular weight is 322 g/mol. The zero-order chi connectivity index (χ0) is 16.9. The molecule has 24 heavy (non-hydrogen) atoms. The molecule has 2 aromatic carbocycles. The Balaban J connectivity index is 1.90. The van der Waals surface area contributed by atoms with Crippen LogP contribution in [0.3, 0.4) is 0 Å². The fraction of sp³-hybridized carbons (Fsp3) is 0.250. The van der Waals surface area contributed by atoms with Crippen molar-refractivity contribution < 1.29 is 9.53 Å². The highest BCUT2D eigenvalue weighted by atomic mass is 16.5. The number of para-hydroxylation sites is 1. The highest BCUT2D eigenvalue weighted by molar-refractivity contribution is 5.85. The van der Waals surface area contributed by atoms with Crippen LogP contribution in [0.5, 0.6) is 0 Å². The molecule has 0 saturated carbocycles. The summed E-state index contributed by atoms with van der Waals surface area (Å²) in [4.78, 5) is 11.8. The van der Waals surface area contributed by atoms with Crippen LogP contribution in [-0.2, 0) is 18.2 Å². The van der Waals surface area contributed by atoms with Gasteiger partial charge < -0.3 is 14.6 Å². The Morgan fingerprint density at radius 3 is 2.58 bits per heavy atom. The Hall–Kier alpha value is -2.75. The van der Waals surface area contributed by atoms with E-state index < -0.39 is 6.09 Å². The summed E-state index contributed by atoms with van der Waals surface area (Å²) in [5, 5.41) is 4.15. The smallest absolute Gasteiger partial charge is 0.407 e. The number of benzene rings is 2. The van der Waals surface area contributed by atoms with Crippen LogP contribution in [0.15, 0.2) is 60.8 Å². The van der Waals surface area contributed by atoms with Gasteiger partial charge in [0.25, 0.3) is 0 Å². The van der Waals surface area contributed by atoms with Crippen molar-refractivity contribution in [2.75, 3.05) is 7.11 Å². The van der Waals surface area contributed by atoms with Crippen LogP contribution >= 0.6 is 0 Å². The van der Waals surface area contributed by atoms with E-state index >= 15 is 0 Å². The standard InChI is InChI=1S/C20H22N2O2/c1-22-14-17(16-10-6-7-11-19(16)22)18(21-20(23)24-2)13-12-15-8-4-3-5-9-15/h3-11,14,18H,12-13H2,1-2H3,(H,21,23). The number of aryl methyl sites for hydroxylation is 2. The van der Waals surface area contributed by atoms with E-state index in [2.05, 4.69) is 40.3 Å². The molecule has 4 heteroatoms. The second-order valence-electron chi connectivity index (χ2n) is 5.93. The van der Waals surface area contributed by atoms with Gasteiger partial charge in [0.2, 0.25) is 0 Å². The van der Waals surface area contributed by atoms with Crippen LogP contribution < -0.4 is 5.32 Å². The second-order valence-corrected chi connectivity index (χ2v) is 5.93. The SMILES string of the molecule is COC(=O)NC(CCc1ccccc1)c1cn(C)c2ccccc12. The Bertz CT molecular complexity index is 824. The van der Waals surface area contributed by atoms with Gasteiger partial charge in [0.15, 0.2) is 0 Å². The summed E-state index contributed by atoms with van der Waals surface area (Å²) in [6.07, 6.45) is 3.39. The van der Waals surface area contributed by atoms with Gasteiger partial charge in [-0.05, 0) is 24.5 Å². The molecule has 3 aromatic rings. The lowest BCUT2D eigenvalue weighted by Gasteiger charge is -2.18. The summed E-state index contributed by atoms with van der Waals surface area (Å²) in [7, 11) is 3.42. The van der Waals surface area contributed by atoms with Gasteiger partial charge in [0.05, 0.1) is 13.2 Å². The minimum atomic E-state index is -0.402. The van der Waals surface area contributed by atoms with Gasteiger partial charge in [0, 0.05) is 29.7 Å². The van der Waals surface area contributed by atoms with E-state index in [0.29, 0.717) is 0 Å². The average Bonchev–Trinajstić information content (AvgIpc) is 2.96. The van der Waals surface area contributed by atoms with Crippen molar-refractivity contribution in [3.63, 3.8) is 0 Å². The van der Waals surface area contributed by atoms with Gasteiger partial charge in [-0.2, -0.15) is 0 Å². The summed E-state index contributed by atoms with van der Waals surface area (Å²) in [5.74, 6) is 0. The molecule has 0 fully saturated rings. The van der Waals surface area contributed by atoms with Gasteiger partial charge in [-0.1, -0.05) is 48.5 Å². The number of hydrogen-bond acceptors (Lipinski definition) is 2. The van der Waals surface area contributed by atoms with Crippen molar-refractivity contribution >= 4 is 17.0 Å². The molecule has 1 unspecified atom stereocenters. The number of rotatable bonds is 5. The van der Waals surface area contributed by atoms with E-state index in [1.54, 1.807) is 0 Å². The zero-order valence-electron chi connectivity index (χ0n) is 14.0. The lowest BCUT2D eigenvalue weighted by atomic mass is 9.98. The number of nitrogens with zero attached hydrogens (tertiary/aromatic N) is 1. The minimum absolute atomic E-state index is 0.0937. The monoisotopic (exact) mass is 322 g/mol. The van der Waals surface area contributed by atoms with E-state index in [4.69, 9.17) is 4.74 Å². The number of methoxy groups -OCH3 is 1. The number of aromatic nitrogens is 1. The number of amides is 1. The Labute approximate surface area is 142 Å². The summed E-state index contributed by atoms with van der Waals surface area (Å²) in [6, 6.07) is 18.5. The molecule has 1 aromatic heterocycles. The van der Waals surface area contributed by atoms with Crippen LogP contribution in [0.1, 0.15) is 23.6 Å². The number of fused-ring (bicyclic) bond motifs is 1. The van der Waals surface area contributed by atoms with Crippen LogP contribution in [0, 0.1) is 0 Å². The fourth-order valence-corrected chi connectivity index (χ4v) is 3.11. The molecule has 0 saturated heterocycles. The molecular formula is C20H22N2O2. The molecule has 4 nitrogen and oxygen atoms in total. The highest BCUT2D eigenvalue weighted by Gasteiger charge is 2.19. The van der Waals surface area contributed by atoms with E-state index in [-0.39, 0.29) is 6.04 Å². The topological polar surface area (TPSA) is 43.3 Å². The number of alkyl carbamates (subject to hydrolysis) is 1. The van der Waals surface area contributed by atoms with Crippen LogP contribution in [0.25, 0.3) is 10.9 Å². The molecule has 0 aliphatic rings. The Morgan fingerprint density at radius 2 is 1.83 bits per heavy atom. The molecule has 1 atom stereocenters. The molecule has 0 aliphatic carbocycles.